The lowest BCUT2D eigenvalue weighted by Gasteiger charge is -2.35. The van der Waals surface area contributed by atoms with Crippen molar-refractivity contribution in [2.45, 2.75) is 38.6 Å². The molecule has 4 heteroatoms. The SMILES string of the molecule is C=CC1CCN(C(=O)[C@H]2CCN[C@@H](C)C2)CC1.Cl. The Balaban J connectivity index is 0.00000162. The van der Waals surface area contributed by atoms with Gasteiger partial charge in [-0.1, -0.05) is 6.08 Å². The average Bonchev–Trinajstić information content (AvgIpc) is 2.38. The van der Waals surface area contributed by atoms with Crippen molar-refractivity contribution < 1.29 is 4.79 Å². The fourth-order valence-corrected chi connectivity index (χ4v) is 2.97. The van der Waals surface area contributed by atoms with E-state index in [9.17, 15) is 4.79 Å². The Morgan fingerprint density at radius 2 is 2.00 bits per heavy atom. The summed E-state index contributed by atoms with van der Waals surface area (Å²) < 4.78 is 0. The van der Waals surface area contributed by atoms with Crippen LogP contribution in [0.1, 0.15) is 32.6 Å². The van der Waals surface area contributed by atoms with E-state index in [4.69, 9.17) is 0 Å². The second-order valence-corrected chi connectivity index (χ2v) is 5.47. The van der Waals surface area contributed by atoms with Gasteiger partial charge in [0.15, 0.2) is 0 Å². The maximum atomic E-state index is 12.4. The molecule has 2 fully saturated rings. The largest absolute Gasteiger partial charge is 0.342 e. The molecule has 2 saturated heterocycles. The summed E-state index contributed by atoms with van der Waals surface area (Å²) in [6.45, 7) is 8.85. The Morgan fingerprint density at radius 1 is 1.33 bits per heavy atom. The molecule has 3 nitrogen and oxygen atoms in total. The molecule has 0 radical (unpaired) electrons. The van der Waals surface area contributed by atoms with Crippen LogP contribution < -0.4 is 5.32 Å². The highest BCUT2D eigenvalue weighted by Gasteiger charge is 2.30. The number of amides is 1. The van der Waals surface area contributed by atoms with Gasteiger partial charge >= 0.3 is 0 Å². The molecule has 0 bridgehead atoms. The standard InChI is InChI=1S/C14H24N2O.ClH/c1-3-12-5-8-16(9-6-12)14(17)13-4-7-15-11(2)10-13;/h3,11-13,15H,1,4-10H2,2H3;1H/t11-,13-;/m0./s1. The van der Waals surface area contributed by atoms with Gasteiger partial charge in [-0.25, -0.2) is 0 Å². The molecule has 2 aliphatic heterocycles. The summed E-state index contributed by atoms with van der Waals surface area (Å²) in [5.74, 6) is 1.26. The molecule has 2 atom stereocenters. The molecule has 2 aliphatic rings. The van der Waals surface area contributed by atoms with Crippen molar-refractivity contribution in [1.82, 2.24) is 10.2 Å². The summed E-state index contributed by atoms with van der Waals surface area (Å²) in [6, 6.07) is 0.489. The molecule has 1 N–H and O–H groups in total. The number of carbonyl (C=O) groups excluding carboxylic acids is 1. The summed E-state index contributed by atoms with van der Waals surface area (Å²) in [6.07, 6.45) is 6.23. The van der Waals surface area contributed by atoms with Crippen LogP contribution in [-0.2, 0) is 4.79 Å². The summed E-state index contributed by atoms with van der Waals surface area (Å²) in [4.78, 5) is 14.4. The van der Waals surface area contributed by atoms with Crippen LogP contribution in [0.3, 0.4) is 0 Å². The second-order valence-electron chi connectivity index (χ2n) is 5.47. The predicted molar refractivity (Wildman–Crippen MR) is 76.9 cm³/mol. The van der Waals surface area contributed by atoms with Crippen molar-refractivity contribution in [1.29, 1.82) is 0 Å². The fraction of sp³-hybridized carbons (Fsp3) is 0.786. The third kappa shape index (κ3) is 3.72. The normalized spacial score (nSPS) is 29.5. The average molecular weight is 273 g/mol. The zero-order chi connectivity index (χ0) is 12.3. The molecule has 18 heavy (non-hydrogen) atoms. The van der Waals surface area contributed by atoms with Gasteiger partial charge in [-0.15, -0.1) is 19.0 Å². The molecule has 0 saturated carbocycles. The number of hydrogen-bond donors (Lipinski definition) is 1. The number of allylic oxidation sites excluding steroid dienone is 1. The third-order valence-electron chi connectivity index (χ3n) is 4.16. The van der Waals surface area contributed by atoms with Crippen molar-refractivity contribution in [3.8, 4) is 0 Å². The number of likely N-dealkylation sites (tertiary alicyclic amines) is 1. The topological polar surface area (TPSA) is 32.3 Å². The van der Waals surface area contributed by atoms with Gasteiger partial charge < -0.3 is 10.2 Å². The summed E-state index contributed by atoms with van der Waals surface area (Å²) in [7, 11) is 0. The van der Waals surface area contributed by atoms with Gasteiger partial charge in [0, 0.05) is 25.0 Å². The lowest BCUT2D eigenvalue weighted by molar-refractivity contribution is -0.137. The molecule has 0 aliphatic carbocycles. The van der Waals surface area contributed by atoms with E-state index < -0.39 is 0 Å². The molecule has 0 aromatic carbocycles. The molecule has 2 heterocycles. The van der Waals surface area contributed by atoms with E-state index in [1.54, 1.807) is 0 Å². The van der Waals surface area contributed by atoms with Crippen LogP contribution in [0.4, 0.5) is 0 Å². The minimum Gasteiger partial charge on any atom is -0.342 e. The first-order chi connectivity index (χ1) is 8.20. The number of halogens is 1. The van der Waals surface area contributed by atoms with Crippen molar-refractivity contribution in [3.63, 3.8) is 0 Å². The summed E-state index contributed by atoms with van der Waals surface area (Å²) in [5.41, 5.74) is 0. The van der Waals surface area contributed by atoms with E-state index in [1.165, 1.54) is 0 Å². The van der Waals surface area contributed by atoms with E-state index in [0.717, 1.165) is 45.3 Å². The Hall–Kier alpha value is -0.540. The van der Waals surface area contributed by atoms with E-state index >= 15 is 0 Å². The second kappa shape index (κ2) is 7.15. The van der Waals surface area contributed by atoms with Crippen LogP contribution in [-0.4, -0.2) is 36.5 Å². The molecule has 104 valence electrons. The third-order valence-corrected chi connectivity index (χ3v) is 4.16. The van der Waals surface area contributed by atoms with E-state index in [1.807, 2.05) is 6.08 Å². The molecular formula is C14H25ClN2O. The van der Waals surface area contributed by atoms with Gasteiger partial charge in [0.1, 0.15) is 0 Å². The zero-order valence-electron chi connectivity index (χ0n) is 11.2. The molecular weight excluding hydrogens is 248 g/mol. The number of hydrogen-bond acceptors (Lipinski definition) is 2. The maximum Gasteiger partial charge on any atom is 0.225 e. The predicted octanol–water partition coefficient (Wildman–Crippen LogP) is 2.22. The first-order valence-corrected chi connectivity index (χ1v) is 6.85. The van der Waals surface area contributed by atoms with Gasteiger partial charge in [-0.05, 0) is 45.1 Å². The number of piperidine rings is 2. The minimum atomic E-state index is 0. The number of rotatable bonds is 2. The smallest absolute Gasteiger partial charge is 0.225 e. The Kier molecular flexibility index (Phi) is 6.16. The Labute approximate surface area is 116 Å². The molecule has 0 aromatic rings. The monoisotopic (exact) mass is 272 g/mol. The number of nitrogens with one attached hydrogen (secondary N) is 1. The minimum absolute atomic E-state index is 0. The van der Waals surface area contributed by atoms with Crippen LogP contribution >= 0.6 is 12.4 Å². The summed E-state index contributed by atoms with van der Waals surface area (Å²) >= 11 is 0. The molecule has 0 aromatic heterocycles. The summed E-state index contributed by atoms with van der Waals surface area (Å²) in [5, 5.41) is 3.40. The quantitative estimate of drug-likeness (QED) is 0.782. The van der Waals surface area contributed by atoms with E-state index in [0.29, 0.717) is 17.9 Å². The number of carbonyl (C=O) groups is 1. The maximum absolute atomic E-state index is 12.4. The van der Waals surface area contributed by atoms with Crippen LogP contribution in [0.5, 0.6) is 0 Å². The van der Waals surface area contributed by atoms with Gasteiger partial charge in [-0.3, -0.25) is 4.79 Å². The van der Waals surface area contributed by atoms with Crippen LogP contribution in [0.15, 0.2) is 12.7 Å². The van der Waals surface area contributed by atoms with Gasteiger partial charge in [0.2, 0.25) is 5.91 Å². The number of nitrogens with zero attached hydrogens (tertiary/aromatic N) is 1. The molecule has 0 unspecified atom stereocenters. The molecule has 0 spiro atoms. The Bertz CT molecular complexity index is 288. The van der Waals surface area contributed by atoms with Crippen LogP contribution in [0.25, 0.3) is 0 Å². The van der Waals surface area contributed by atoms with Crippen LogP contribution in [0.2, 0.25) is 0 Å². The highest BCUT2D eigenvalue weighted by molar-refractivity contribution is 5.85. The highest BCUT2D eigenvalue weighted by Crippen LogP contribution is 2.23. The van der Waals surface area contributed by atoms with Crippen molar-refractivity contribution >= 4 is 18.3 Å². The highest BCUT2D eigenvalue weighted by atomic mass is 35.5. The fourth-order valence-electron chi connectivity index (χ4n) is 2.97. The first-order valence-electron chi connectivity index (χ1n) is 6.85. The van der Waals surface area contributed by atoms with E-state index in [2.05, 4.69) is 23.7 Å². The molecule has 2 rings (SSSR count). The molecule has 1 amide bonds. The van der Waals surface area contributed by atoms with Crippen molar-refractivity contribution in [2.75, 3.05) is 19.6 Å². The van der Waals surface area contributed by atoms with Gasteiger partial charge in [0.05, 0.1) is 0 Å². The van der Waals surface area contributed by atoms with Crippen LogP contribution in [0, 0.1) is 11.8 Å². The first kappa shape index (κ1) is 15.5. The van der Waals surface area contributed by atoms with Crippen molar-refractivity contribution in [3.05, 3.63) is 12.7 Å². The van der Waals surface area contributed by atoms with Crippen molar-refractivity contribution in [2.24, 2.45) is 11.8 Å². The van der Waals surface area contributed by atoms with Gasteiger partial charge in [0.25, 0.3) is 0 Å². The van der Waals surface area contributed by atoms with E-state index in [-0.39, 0.29) is 18.3 Å². The lowest BCUT2D eigenvalue weighted by Crippen LogP contribution is -2.46. The van der Waals surface area contributed by atoms with Gasteiger partial charge in [-0.2, -0.15) is 0 Å². The zero-order valence-corrected chi connectivity index (χ0v) is 12.0. The lowest BCUT2D eigenvalue weighted by atomic mass is 9.90. The Morgan fingerprint density at radius 3 is 2.56 bits per heavy atom.